The van der Waals surface area contributed by atoms with Gasteiger partial charge in [0.05, 0.1) is 31.4 Å². The van der Waals surface area contributed by atoms with Gasteiger partial charge in [-0.25, -0.2) is 12.8 Å². The maximum Gasteiger partial charge on any atom is 0.264 e. The summed E-state index contributed by atoms with van der Waals surface area (Å²) >= 11 is 0. The number of hydrogen-bond acceptors (Lipinski definition) is 7. The van der Waals surface area contributed by atoms with E-state index in [1.165, 1.54) is 61.6 Å². The normalized spacial score (nSPS) is 11.7. The molecule has 48 heavy (non-hydrogen) atoms. The number of hydrogen-bond donors (Lipinski definition) is 1. The van der Waals surface area contributed by atoms with E-state index in [1.54, 1.807) is 31.2 Å². The number of anilines is 1. The van der Waals surface area contributed by atoms with Crippen LogP contribution in [-0.4, -0.2) is 65.1 Å². The standard InChI is InChI=1S/C36H40FN3O7S/c1-5-38-36(42)32(22-26-10-8-7-9-11-26)39(24-27-12-14-28(37)15-13-27)35(41)25-40(29-16-18-30(19-17-29)47-6-2)48(43,44)31-20-21-33(45-3)34(23-31)46-4/h7-21,23,32H,5-6,22,24-25H2,1-4H3,(H,38,42)/t32-/m0/s1. The minimum Gasteiger partial charge on any atom is -0.494 e. The molecule has 0 unspecified atom stereocenters. The molecule has 4 aromatic carbocycles. The molecule has 4 aromatic rings. The number of ether oxygens (including phenoxy) is 3. The largest absolute Gasteiger partial charge is 0.494 e. The highest BCUT2D eigenvalue weighted by Crippen LogP contribution is 2.33. The van der Waals surface area contributed by atoms with Crippen LogP contribution in [-0.2, 0) is 32.6 Å². The van der Waals surface area contributed by atoms with Gasteiger partial charge >= 0.3 is 0 Å². The van der Waals surface area contributed by atoms with Gasteiger partial charge in [-0.05, 0) is 73.5 Å². The van der Waals surface area contributed by atoms with E-state index in [0.717, 1.165) is 9.87 Å². The number of carbonyl (C=O) groups is 2. The number of rotatable bonds is 16. The average molecular weight is 678 g/mol. The third-order valence-corrected chi connectivity index (χ3v) is 9.32. The number of benzene rings is 4. The summed E-state index contributed by atoms with van der Waals surface area (Å²) in [7, 11) is -1.57. The van der Waals surface area contributed by atoms with Crippen LogP contribution in [0.2, 0.25) is 0 Å². The Morgan fingerprint density at radius 1 is 0.833 bits per heavy atom. The van der Waals surface area contributed by atoms with Gasteiger partial charge in [0.15, 0.2) is 11.5 Å². The van der Waals surface area contributed by atoms with Gasteiger partial charge in [0.1, 0.15) is 24.2 Å². The lowest BCUT2D eigenvalue weighted by Crippen LogP contribution is -2.53. The predicted octanol–water partition coefficient (Wildman–Crippen LogP) is 5.21. The molecule has 0 fully saturated rings. The van der Waals surface area contributed by atoms with E-state index in [0.29, 0.717) is 30.2 Å². The maximum absolute atomic E-state index is 14.5. The molecule has 0 aliphatic heterocycles. The number of halogens is 1. The minimum atomic E-state index is -4.40. The molecule has 1 N–H and O–H groups in total. The van der Waals surface area contributed by atoms with Crippen molar-refractivity contribution >= 4 is 27.5 Å². The molecule has 0 radical (unpaired) electrons. The van der Waals surface area contributed by atoms with E-state index in [4.69, 9.17) is 14.2 Å². The number of sulfonamides is 1. The second kappa shape index (κ2) is 16.6. The predicted molar refractivity (Wildman–Crippen MR) is 181 cm³/mol. The summed E-state index contributed by atoms with van der Waals surface area (Å²) in [5.41, 5.74) is 1.55. The van der Waals surface area contributed by atoms with E-state index < -0.39 is 40.2 Å². The van der Waals surface area contributed by atoms with Gasteiger partial charge in [-0.15, -0.1) is 0 Å². The Bertz CT molecular complexity index is 1770. The first-order valence-corrected chi connectivity index (χ1v) is 16.9. The molecule has 0 aliphatic rings. The van der Waals surface area contributed by atoms with Gasteiger partial charge in [0.2, 0.25) is 11.8 Å². The lowest BCUT2D eigenvalue weighted by Gasteiger charge is -2.34. The van der Waals surface area contributed by atoms with Crippen LogP contribution >= 0.6 is 0 Å². The first-order chi connectivity index (χ1) is 23.1. The van der Waals surface area contributed by atoms with Crippen LogP contribution in [0, 0.1) is 5.82 Å². The Morgan fingerprint density at radius 3 is 2.10 bits per heavy atom. The van der Waals surface area contributed by atoms with Crippen LogP contribution in [0.3, 0.4) is 0 Å². The zero-order chi connectivity index (χ0) is 34.7. The molecule has 10 nitrogen and oxygen atoms in total. The van der Waals surface area contributed by atoms with E-state index >= 15 is 0 Å². The summed E-state index contributed by atoms with van der Waals surface area (Å²) in [5.74, 6) is -0.474. The maximum atomic E-state index is 14.5. The van der Waals surface area contributed by atoms with E-state index in [9.17, 15) is 22.4 Å². The Balaban J connectivity index is 1.82. The van der Waals surface area contributed by atoms with Crippen molar-refractivity contribution in [1.29, 1.82) is 0 Å². The summed E-state index contributed by atoms with van der Waals surface area (Å²) in [6, 6.07) is 24.3. The van der Waals surface area contributed by atoms with Gasteiger partial charge < -0.3 is 24.4 Å². The molecule has 4 rings (SSSR count). The van der Waals surface area contributed by atoms with E-state index in [1.807, 2.05) is 37.3 Å². The van der Waals surface area contributed by atoms with Crippen molar-refractivity contribution < 1.29 is 36.6 Å². The lowest BCUT2D eigenvalue weighted by atomic mass is 10.0. The molecule has 0 aliphatic carbocycles. The van der Waals surface area contributed by atoms with Crippen molar-refractivity contribution in [2.45, 2.75) is 37.8 Å². The van der Waals surface area contributed by atoms with Crippen molar-refractivity contribution in [3.8, 4) is 17.2 Å². The van der Waals surface area contributed by atoms with Crippen LogP contribution in [0.25, 0.3) is 0 Å². The van der Waals surface area contributed by atoms with Crippen molar-refractivity contribution in [2.75, 3.05) is 38.2 Å². The molecule has 0 saturated heterocycles. The Hall–Kier alpha value is -5.10. The second-order valence-corrected chi connectivity index (χ2v) is 12.6. The van der Waals surface area contributed by atoms with Crippen molar-refractivity contribution in [3.05, 3.63) is 114 Å². The number of methoxy groups -OCH3 is 2. The first kappa shape index (κ1) is 35.7. The molecule has 1 atom stereocenters. The summed E-state index contributed by atoms with van der Waals surface area (Å²) < 4.78 is 59.8. The third-order valence-electron chi connectivity index (χ3n) is 7.55. The number of amides is 2. The average Bonchev–Trinajstić information content (AvgIpc) is 3.10. The summed E-state index contributed by atoms with van der Waals surface area (Å²) in [6.07, 6.45) is 0.158. The second-order valence-electron chi connectivity index (χ2n) is 10.7. The number of nitrogens with one attached hydrogen (secondary N) is 1. The van der Waals surface area contributed by atoms with Crippen molar-refractivity contribution in [2.24, 2.45) is 0 Å². The summed E-state index contributed by atoms with van der Waals surface area (Å²) in [6.45, 7) is 3.59. The topological polar surface area (TPSA) is 114 Å². The molecule has 0 spiro atoms. The highest BCUT2D eigenvalue weighted by atomic mass is 32.2. The van der Waals surface area contributed by atoms with Crippen molar-refractivity contribution in [1.82, 2.24) is 10.2 Å². The third kappa shape index (κ3) is 8.82. The molecular formula is C36H40FN3O7S. The van der Waals surface area contributed by atoms with Gasteiger partial charge in [0.25, 0.3) is 10.0 Å². The Labute approximate surface area is 281 Å². The highest BCUT2D eigenvalue weighted by Gasteiger charge is 2.35. The fourth-order valence-electron chi connectivity index (χ4n) is 5.14. The van der Waals surface area contributed by atoms with E-state index in [-0.39, 0.29) is 29.3 Å². The van der Waals surface area contributed by atoms with Crippen LogP contribution < -0.4 is 23.8 Å². The molecular weight excluding hydrogens is 637 g/mol. The number of likely N-dealkylation sites (N-methyl/N-ethyl adjacent to an activating group) is 1. The van der Waals surface area contributed by atoms with Gasteiger partial charge in [-0.2, -0.15) is 0 Å². The molecule has 2 amide bonds. The lowest BCUT2D eigenvalue weighted by molar-refractivity contribution is -0.140. The van der Waals surface area contributed by atoms with Crippen LogP contribution in [0.4, 0.5) is 10.1 Å². The molecule has 254 valence electrons. The molecule has 0 heterocycles. The highest BCUT2D eigenvalue weighted by molar-refractivity contribution is 7.92. The van der Waals surface area contributed by atoms with Crippen LogP contribution in [0.5, 0.6) is 17.2 Å². The van der Waals surface area contributed by atoms with E-state index in [2.05, 4.69) is 5.32 Å². The van der Waals surface area contributed by atoms with Crippen LogP contribution in [0.1, 0.15) is 25.0 Å². The Kier molecular flexibility index (Phi) is 12.4. The zero-order valence-corrected chi connectivity index (χ0v) is 28.2. The van der Waals surface area contributed by atoms with Crippen molar-refractivity contribution in [3.63, 3.8) is 0 Å². The van der Waals surface area contributed by atoms with Gasteiger partial charge in [-0.3, -0.25) is 13.9 Å². The smallest absolute Gasteiger partial charge is 0.264 e. The monoisotopic (exact) mass is 677 g/mol. The number of nitrogens with zero attached hydrogens (tertiary/aromatic N) is 2. The quantitative estimate of drug-likeness (QED) is 0.173. The minimum absolute atomic E-state index is 0.0821. The molecule has 0 bridgehead atoms. The molecule has 0 saturated carbocycles. The molecule has 0 aromatic heterocycles. The summed E-state index contributed by atoms with van der Waals surface area (Å²) in [4.78, 5) is 29.3. The zero-order valence-electron chi connectivity index (χ0n) is 27.4. The first-order valence-electron chi connectivity index (χ1n) is 15.4. The van der Waals surface area contributed by atoms with Gasteiger partial charge in [-0.1, -0.05) is 42.5 Å². The number of carbonyl (C=O) groups excluding carboxylic acids is 2. The fraction of sp³-hybridized carbons (Fsp3) is 0.278. The SMILES string of the molecule is CCNC(=O)[C@H](Cc1ccccc1)N(Cc1ccc(F)cc1)C(=O)CN(c1ccc(OCC)cc1)S(=O)(=O)c1ccc(OC)c(OC)c1. The van der Waals surface area contributed by atoms with Gasteiger partial charge in [0, 0.05) is 25.6 Å². The summed E-state index contributed by atoms with van der Waals surface area (Å²) in [5, 5.41) is 2.81. The molecule has 12 heteroatoms. The van der Waals surface area contributed by atoms with Crippen LogP contribution in [0.15, 0.2) is 102 Å². The fourth-order valence-corrected chi connectivity index (χ4v) is 6.57. The Morgan fingerprint density at radius 2 is 1.50 bits per heavy atom.